The molecule has 2 aliphatic rings. The summed E-state index contributed by atoms with van der Waals surface area (Å²) in [5.41, 5.74) is 3.55. The fraction of sp³-hybridized carbons (Fsp3) is 0.182. The molecule has 3 aromatic rings. The van der Waals surface area contributed by atoms with E-state index in [-0.39, 0.29) is 6.04 Å². The van der Waals surface area contributed by atoms with E-state index in [9.17, 15) is 0 Å². The molecule has 0 radical (unpaired) electrons. The smallest absolute Gasteiger partial charge is 0.0826 e. The third-order valence-electron chi connectivity index (χ3n) is 5.56. The Morgan fingerprint density at radius 2 is 1.76 bits per heavy atom. The van der Waals surface area contributed by atoms with Crippen LogP contribution in [-0.4, -0.2) is 0 Å². The van der Waals surface area contributed by atoms with Crippen LogP contribution in [0.1, 0.15) is 29.5 Å². The van der Waals surface area contributed by atoms with E-state index in [1.165, 1.54) is 21.9 Å². The van der Waals surface area contributed by atoms with E-state index in [4.69, 9.17) is 23.2 Å². The van der Waals surface area contributed by atoms with Gasteiger partial charge in [-0.15, -0.1) is 0 Å². The first kappa shape index (κ1) is 15.3. The lowest BCUT2D eigenvalue weighted by molar-refractivity contribution is 0.426. The van der Waals surface area contributed by atoms with Gasteiger partial charge < -0.3 is 5.32 Å². The van der Waals surface area contributed by atoms with E-state index in [0.717, 1.165) is 12.1 Å². The third-order valence-corrected chi connectivity index (χ3v) is 6.36. The molecule has 0 saturated heterocycles. The van der Waals surface area contributed by atoms with Crippen LogP contribution in [0.25, 0.3) is 10.8 Å². The molecule has 0 spiro atoms. The van der Waals surface area contributed by atoms with Gasteiger partial charge in [0.1, 0.15) is 0 Å². The molecule has 3 atom stereocenters. The zero-order valence-corrected chi connectivity index (χ0v) is 15.1. The Balaban J connectivity index is 1.65. The van der Waals surface area contributed by atoms with Crippen molar-refractivity contribution in [3.8, 4) is 0 Å². The van der Waals surface area contributed by atoms with Crippen LogP contribution in [0, 0.1) is 5.92 Å². The Morgan fingerprint density at radius 1 is 0.920 bits per heavy atom. The maximum atomic E-state index is 6.53. The van der Waals surface area contributed by atoms with Gasteiger partial charge in [-0.25, -0.2) is 0 Å². The lowest BCUT2D eigenvalue weighted by Gasteiger charge is -2.38. The summed E-state index contributed by atoms with van der Waals surface area (Å²) in [5, 5.41) is 7.47. The number of allylic oxidation sites excluding steroid dienone is 2. The molecule has 0 saturated carbocycles. The van der Waals surface area contributed by atoms with Crippen molar-refractivity contribution < 1.29 is 0 Å². The summed E-state index contributed by atoms with van der Waals surface area (Å²) in [6, 6.07) is 19.5. The van der Waals surface area contributed by atoms with Crippen LogP contribution < -0.4 is 5.32 Å². The normalized spacial score (nSPS) is 24.0. The Kier molecular flexibility index (Phi) is 3.55. The first-order valence-electron chi connectivity index (χ1n) is 8.62. The van der Waals surface area contributed by atoms with E-state index in [1.54, 1.807) is 0 Å². The van der Waals surface area contributed by atoms with Crippen molar-refractivity contribution in [3.63, 3.8) is 0 Å². The molecule has 1 aliphatic heterocycles. The van der Waals surface area contributed by atoms with Gasteiger partial charge >= 0.3 is 0 Å². The lowest BCUT2D eigenvalue weighted by Crippen LogP contribution is -2.29. The number of hydrogen-bond donors (Lipinski definition) is 1. The lowest BCUT2D eigenvalue weighted by atomic mass is 9.77. The maximum Gasteiger partial charge on any atom is 0.0826 e. The van der Waals surface area contributed by atoms with Crippen LogP contribution in [0.4, 0.5) is 5.69 Å². The van der Waals surface area contributed by atoms with E-state index in [0.29, 0.717) is 21.9 Å². The van der Waals surface area contributed by atoms with Gasteiger partial charge in [-0.1, -0.05) is 77.8 Å². The van der Waals surface area contributed by atoms with Gasteiger partial charge in [-0.3, -0.25) is 0 Å². The van der Waals surface area contributed by atoms with E-state index < -0.39 is 0 Å². The largest absolute Gasteiger partial charge is 0.376 e. The first-order chi connectivity index (χ1) is 12.2. The van der Waals surface area contributed by atoms with Crippen molar-refractivity contribution in [2.75, 3.05) is 5.32 Å². The second kappa shape index (κ2) is 5.79. The number of fused-ring (bicyclic) bond motifs is 4. The molecule has 3 aromatic carbocycles. The molecule has 124 valence electrons. The Morgan fingerprint density at radius 3 is 2.64 bits per heavy atom. The highest BCUT2D eigenvalue weighted by Crippen LogP contribution is 2.52. The second-order valence-electron chi connectivity index (χ2n) is 6.91. The Hall–Kier alpha value is -1.96. The second-order valence-corrected chi connectivity index (χ2v) is 7.69. The van der Waals surface area contributed by atoms with Crippen LogP contribution in [0.3, 0.4) is 0 Å². The molecule has 0 bridgehead atoms. The van der Waals surface area contributed by atoms with E-state index in [1.807, 2.05) is 6.07 Å². The number of rotatable bonds is 1. The van der Waals surface area contributed by atoms with Gasteiger partial charge in [0, 0.05) is 5.92 Å². The summed E-state index contributed by atoms with van der Waals surface area (Å²) in [7, 11) is 0. The van der Waals surface area contributed by atoms with Crippen molar-refractivity contribution in [1.82, 2.24) is 0 Å². The highest BCUT2D eigenvalue weighted by atomic mass is 35.5. The number of hydrogen-bond acceptors (Lipinski definition) is 1. The van der Waals surface area contributed by atoms with Crippen LogP contribution >= 0.6 is 23.2 Å². The number of nitrogens with one attached hydrogen (secondary N) is 1. The molecule has 1 aliphatic carbocycles. The predicted octanol–water partition coefficient (Wildman–Crippen LogP) is 6.97. The fourth-order valence-electron chi connectivity index (χ4n) is 4.33. The molecule has 0 amide bonds. The van der Waals surface area contributed by atoms with Crippen molar-refractivity contribution >= 4 is 39.7 Å². The van der Waals surface area contributed by atoms with E-state index in [2.05, 4.69) is 66.0 Å². The van der Waals surface area contributed by atoms with Crippen molar-refractivity contribution in [2.24, 2.45) is 5.92 Å². The summed E-state index contributed by atoms with van der Waals surface area (Å²) in [4.78, 5) is 0. The monoisotopic (exact) mass is 365 g/mol. The number of halogens is 2. The Bertz CT molecular complexity index is 1010. The molecule has 3 heteroatoms. The summed E-state index contributed by atoms with van der Waals surface area (Å²) in [5.74, 6) is 0.897. The summed E-state index contributed by atoms with van der Waals surface area (Å²) >= 11 is 12.8. The van der Waals surface area contributed by atoms with Crippen molar-refractivity contribution in [3.05, 3.63) is 87.9 Å². The number of anilines is 1. The molecule has 1 nitrogen and oxygen atoms in total. The fourth-order valence-corrected chi connectivity index (χ4v) is 4.72. The highest BCUT2D eigenvalue weighted by molar-refractivity contribution is 6.43. The van der Waals surface area contributed by atoms with E-state index >= 15 is 0 Å². The summed E-state index contributed by atoms with van der Waals surface area (Å²) < 4.78 is 0. The van der Waals surface area contributed by atoms with Crippen LogP contribution in [-0.2, 0) is 0 Å². The average Bonchev–Trinajstić information content (AvgIpc) is 3.13. The maximum absolute atomic E-state index is 6.53. The first-order valence-corrected chi connectivity index (χ1v) is 9.38. The molecule has 25 heavy (non-hydrogen) atoms. The SMILES string of the molecule is Clc1ccc2c(c1Cl)NC(c1ccc3ccccc3c1)C1CC=CC21. The van der Waals surface area contributed by atoms with Gasteiger partial charge in [0.25, 0.3) is 0 Å². The molecule has 0 fully saturated rings. The average molecular weight is 366 g/mol. The summed E-state index contributed by atoms with van der Waals surface area (Å²) in [6.45, 7) is 0. The van der Waals surface area contributed by atoms with Gasteiger partial charge in [0.2, 0.25) is 0 Å². The predicted molar refractivity (Wildman–Crippen MR) is 107 cm³/mol. The Labute approximate surface area is 157 Å². The molecular formula is C22H17Cl2N. The minimum Gasteiger partial charge on any atom is -0.376 e. The van der Waals surface area contributed by atoms with Crippen molar-refractivity contribution in [1.29, 1.82) is 0 Å². The molecule has 0 aromatic heterocycles. The third kappa shape index (κ3) is 2.38. The zero-order chi connectivity index (χ0) is 17.0. The van der Waals surface area contributed by atoms with Crippen LogP contribution in [0.15, 0.2) is 66.7 Å². The van der Waals surface area contributed by atoms with Gasteiger partial charge in [-0.2, -0.15) is 0 Å². The topological polar surface area (TPSA) is 12.0 Å². The molecule has 1 N–H and O–H groups in total. The minimum atomic E-state index is 0.230. The molecule has 1 heterocycles. The standard InChI is InChI=1S/C22H17Cl2N/c23-19-11-10-18-16-6-3-7-17(16)21(25-22(18)20(19)24)15-9-8-13-4-1-2-5-14(13)12-15/h1-6,8-12,16-17,21,25H,7H2. The van der Waals surface area contributed by atoms with Crippen molar-refractivity contribution in [2.45, 2.75) is 18.4 Å². The van der Waals surface area contributed by atoms with Gasteiger partial charge in [0.05, 0.1) is 21.8 Å². The van der Waals surface area contributed by atoms with Gasteiger partial charge in [-0.05, 0) is 46.4 Å². The van der Waals surface area contributed by atoms with Gasteiger partial charge in [0.15, 0.2) is 0 Å². The van der Waals surface area contributed by atoms with Crippen LogP contribution in [0.2, 0.25) is 10.0 Å². The highest BCUT2D eigenvalue weighted by Gasteiger charge is 2.38. The van der Waals surface area contributed by atoms with Crippen LogP contribution in [0.5, 0.6) is 0 Å². The number of benzene rings is 3. The molecular weight excluding hydrogens is 349 g/mol. The summed E-state index contributed by atoms with van der Waals surface area (Å²) in [6.07, 6.45) is 5.69. The molecule has 5 rings (SSSR count). The quantitative estimate of drug-likeness (QED) is 0.459. The molecule has 3 unspecified atom stereocenters. The minimum absolute atomic E-state index is 0.230. The zero-order valence-electron chi connectivity index (χ0n) is 13.5.